The summed E-state index contributed by atoms with van der Waals surface area (Å²) in [6.07, 6.45) is 0.265. The number of aliphatic hydroxyl groups excluding tert-OH is 1. The molecule has 1 aromatic rings. The summed E-state index contributed by atoms with van der Waals surface area (Å²) in [5, 5.41) is 17.5. The van der Waals surface area contributed by atoms with Crippen LogP contribution in [0.15, 0.2) is 17.2 Å². The Balaban J connectivity index is 2.86. The third-order valence-electron chi connectivity index (χ3n) is 1.77. The molecule has 1 aromatic heterocycles. The van der Waals surface area contributed by atoms with Gasteiger partial charge in [0.05, 0.1) is 6.10 Å². The minimum absolute atomic E-state index is 0.129. The van der Waals surface area contributed by atoms with Gasteiger partial charge in [0.15, 0.2) is 0 Å². The Kier molecular flexibility index (Phi) is 3.68. The Morgan fingerprint density at radius 3 is 2.69 bits per heavy atom. The van der Waals surface area contributed by atoms with Crippen LogP contribution < -0.4 is 4.72 Å². The Labute approximate surface area is 92.2 Å². The van der Waals surface area contributed by atoms with E-state index in [1.54, 1.807) is 0 Å². The highest BCUT2D eigenvalue weighted by molar-refractivity contribution is 7.89. The van der Waals surface area contributed by atoms with Crippen molar-refractivity contribution >= 4 is 16.0 Å². The number of aromatic nitrogens is 1. The van der Waals surface area contributed by atoms with Gasteiger partial charge in [-0.25, -0.2) is 17.9 Å². The van der Waals surface area contributed by atoms with E-state index in [2.05, 4.69) is 9.71 Å². The van der Waals surface area contributed by atoms with E-state index in [0.29, 0.717) is 0 Å². The van der Waals surface area contributed by atoms with Gasteiger partial charge in [0.25, 0.3) is 0 Å². The summed E-state index contributed by atoms with van der Waals surface area (Å²) in [7, 11) is -3.77. The van der Waals surface area contributed by atoms with E-state index < -0.39 is 22.1 Å². The van der Waals surface area contributed by atoms with Crippen LogP contribution in [0.3, 0.4) is 0 Å². The molecular weight excluding hydrogens is 236 g/mol. The zero-order valence-electron chi connectivity index (χ0n) is 8.47. The Bertz CT molecular complexity index is 476. The molecule has 8 heteroatoms. The first-order valence-corrected chi connectivity index (χ1v) is 5.90. The number of H-pyrrole nitrogens is 1. The van der Waals surface area contributed by atoms with Gasteiger partial charge in [0.2, 0.25) is 10.0 Å². The number of carboxylic acids is 1. The maximum Gasteiger partial charge on any atom is 0.352 e. The number of sulfonamides is 1. The summed E-state index contributed by atoms with van der Waals surface area (Å²) in [6, 6.07) is 1.01. The molecule has 1 rings (SSSR count). The number of carboxylic acid groups (broad SMARTS) is 1. The van der Waals surface area contributed by atoms with Crippen molar-refractivity contribution in [3.63, 3.8) is 0 Å². The topological polar surface area (TPSA) is 119 Å². The Morgan fingerprint density at radius 2 is 2.25 bits per heavy atom. The number of aliphatic hydroxyl groups is 1. The first kappa shape index (κ1) is 12.7. The molecule has 0 amide bonds. The zero-order valence-corrected chi connectivity index (χ0v) is 9.28. The lowest BCUT2D eigenvalue weighted by Crippen LogP contribution is -2.30. The molecular formula is C8H12N2O5S. The third-order valence-corrected chi connectivity index (χ3v) is 3.17. The van der Waals surface area contributed by atoms with Gasteiger partial charge in [0.1, 0.15) is 10.6 Å². The van der Waals surface area contributed by atoms with Crippen LogP contribution in [0.25, 0.3) is 0 Å². The van der Waals surface area contributed by atoms with Crippen molar-refractivity contribution < 1.29 is 23.4 Å². The standard InChI is InChI=1S/C8H12N2O5S/c1-5(11)3-10-16(14,15)6-2-7(8(12)13)9-4-6/h2,4-5,9-11H,3H2,1H3,(H,12,13)/t5-/m1/s1. The van der Waals surface area contributed by atoms with E-state index in [-0.39, 0.29) is 17.1 Å². The summed E-state index contributed by atoms with van der Waals surface area (Å²) in [5.74, 6) is -1.24. The van der Waals surface area contributed by atoms with Crippen LogP contribution in [-0.4, -0.2) is 42.2 Å². The Hall–Kier alpha value is -1.38. The average molecular weight is 248 g/mol. The van der Waals surface area contributed by atoms with E-state index in [1.807, 2.05) is 0 Å². The van der Waals surface area contributed by atoms with Crippen molar-refractivity contribution in [2.75, 3.05) is 6.54 Å². The lowest BCUT2D eigenvalue weighted by atomic mass is 10.4. The molecule has 0 unspecified atom stereocenters. The van der Waals surface area contributed by atoms with Gasteiger partial charge in [-0.2, -0.15) is 0 Å². The maximum atomic E-state index is 11.5. The number of carbonyl (C=O) groups is 1. The summed E-state index contributed by atoms with van der Waals surface area (Å²) in [4.78, 5) is 12.7. The highest BCUT2D eigenvalue weighted by Crippen LogP contribution is 2.10. The van der Waals surface area contributed by atoms with Gasteiger partial charge in [0, 0.05) is 12.7 Å². The molecule has 4 N–H and O–H groups in total. The number of hydrogen-bond donors (Lipinski definition) is 4. The normalized spacial score (nSPS) is 13.6. The molecule has 0 aliphatic rings. The maximum absolute atomic E-state index is 11.5. The van der Waals surface area contributed by atoms with Gasteiger partial charge in [-0.3, -0.25) is 0 Å². The highest BCUT2D eigenvalue weighted by atomic mass is 32.2. The minimum atomic E-state index is -3.77. The quantitative estimate of drug-likeness (QED) is 0.553. The fraction of sp³-hybridized carbons (Fsp3) is 0.375. The largest absolute Gasteiger partial charge is 0.477 e. The lowest BCUT2D eigenvalue weighted by molar-refractivity contribution is 0.0691. The second kappa shape index (κ2) is 4.64. The second-order valence-corrected chi connectivity index (χ2v) is 5.02. The minimum Gasteiger partial charge on any atom is -0.477 e. The van der Waals surface area contributed by atoms with E-state index >= 15 is 0 Å². The number of aromatic amines is 1. The van der Waals surface area contributed by atoms with Crippen molar-refractivity contribution in [1.82, 2.24) is 9.71 Å². The first-order valence-electron chi connectivity index (χ1n) is 4.42. The predicted octanol–water partition coefficient (Wildman–Crippen LogP) is -0.628. The SMILES string of the molecule is C[C@@H](O)CNS(=O)(=O)c1c[nH]c(C(=O)O)c1. The molecule has 16 heavy (non-hydrogen) atoms. The molecule has 1 heterocycles. The van der Waals surface area contributed by atoms with Crippen LogP contribution in [0.5, 0.6) is 0 Å². The molecule has 90 valence electrons. The smallest absolute Gasteiger partial charge is 0.352 e. The summed E-state index contributed by atoms with van der Waals surface area (Å²) >= 11 is 0. The van der Waals surface area contributed by atoms with Crippen LogP contribution in [0, 0.1) is 0 Å². The van der Waals surface area contributed by atoms with Crippen LogP contribution in [-0.2, 0) is 10.0 Å². The van der Waals surface area contributed by atoms with Crippen LogP contribution in [0.1, 0.15) is 17.4 Å². The highest BCUT2D eigenvalue weighted by Gasteiger charge is 2.18. The third kappa shape index (κ3) is 3.05. The average Bonchev–Trinajstić information content (AvgIpc) is 2.64. The molecule has 7 nitrogen and oxygen atoms in total. The summed E-state index contributed by atoms with van der Waals surface area (Å²) in [5.41, 5.74) is -0.211. The molecule has 0 aromatic carbocycles. The van der Waals surface area contributed by atoms with E-state index in [9.17, 15) is 13.2 Å². The van der Waals surface area contributed by atoms with Gasteiger partial charge < -0.3 is 15.2 Å². The second-order valence-electron chi connectivity index (χ2n) is 3.26. The van der Waals surface area contributed by atoms with Gasteiger partial charge in [-0.05, 0) is 13.0 Å². The van der Waals surface area contributed by atoms with Crippen molar-refractivity contribution in [3.05, 3.63) is 18.0 Å². The van der Waals surface area contributed by atoms with Crippen molar-refractivity contribution in [2.45, 2.75) is 17.9 Å². The molecule has 0 fully saturated rings. The van der Waals surface area contributed by atoms with Gasteiger partial charge >= 0.3 is 5.97 Å². The first-order chi connectivity index (χ1) is 7.33. The summed E-state index contributed by atoms with van der Waals surface area (Å²) < 4.78 is 25.2. The van der Waals surface area contributed by atoms with E-state index in [1.165, 1.54) is 6.92 Å². The molecule has 0 aliphatic heterocycles. The van der Waals surface area contributed by atoms with Crippen LogP contribution in [0.2, 0.25) is 0 Å². The molecule has 0 bridgehead atoms. The molecule has 0 radical (unpaired) electrons. The number of aromatic carboxylic acids is 1. The van der Waals surface area contributed by atoms with Gasteiger partial charge in [-0.15, -0.1) is 0 Å². The van der Waals surface area contributed by atoms with E-state index in [4.69, 9.17) is 10.2 Å². The van der Waals surface area contributed by atoms with Crippen molar-refractivity contribution in [1.29, 1.82) is 0 Å². The molecule has 0 saturated heterocycles. The predicted molar refractivity (Wildman–Crippen MR) is 54.6 cm³/mol. The Morgan fingerprint density at radius 1 is 1.62 bits per heavy atom. The molecule has 0 spiro atoms. The number of nitrogens with one attached hydrogen (secondary N) is 2. The van der Waals surface area contributed by atoms with Crippen molar-refractivity contribution in [2.24, 2.45) is 0 Å². The van der Waals surface area contributed by atoms with Crippen LogP contribution >= 0.6 is 0 Å². The summed E-state index contributed by atoms with van der Waals surface area (Å²) in [6.45, 7) is 1.30. The fourth-order valence-electron chi connectivity index (χ4n) is 0.967. The van der Waals surface area contributed by atoms with E-state index in [0.717, 1.165) is 12.3 Å². The monoisotopic (exact) mass is 248 g/mol. The molecule has 0 saturated carbocycles. The number of hydrogen-bond acceptors (Lipinski definition) is 4. The molecule has 0 aliphatic carbocycles. The van der Waals surface area contributed by atoms with Gasteiger partial charge in [-0.1, -0.05) is 0 Å². The van der Waals surface area contributed by atoms with Crippen molar-refractivity contribution in [3.8, 4) is 0 Å². The number of rotatable bonds is 5. The fourth-order valence-corrected chi connectivity index (χ4v) is 2.08. The lowest BCUT2D eigenvalue weighted by Gasteiger charge is -2.06. The molecule has 1 atom stereocenters. The zero-order chi connectivity index (χ0) is 12.3. The van der Waals surface area contributed by atoms with Crippen LogP contribution in [0.4, 0.5) is 0 Å².